The highest BCUT2D eigenvalue weighted by Gasteiger charge is 2.19. The molecule has 0 radical (unpaired) electrons. The average molecular weight is 275 g/mol. The molecule has 94 valence electrons. The zero-order valence-corrected chi connectivity index (χ0v) is 11.3. The predicted octanol–water partition coefficient (Wildman–Crippen LogP) is 3.00. The second-order valence-electron chi connectivity index (χ2n) is 4.27. The standard InChI is InChI=1S/C12H16Cl2N2O/c1-17-9-4-6-16(7-5-9)8-11-10(13)2-3-12(14)15-11/h2-3,9H,4-8H2,1H3. The average Bonchev–Trinajstić information content (AvgIpc) is 2.35. The summed E-state index contributed by atoms with van der Waals surface area (Å²) in [6.07, 6.45) is 2.53. The van der Waals surface area contributed by atoms with E-state index in [4.69, 9.17) is 27.9 Å². The summed E-state index contributed by atoms with van der Waals surface area (Å²) in [5, 5.41) is 1.18. The lowest BCUT2D eigenvalue weighted by Crippen LogP contribution is -2.36. The lowest BCUT2D eigenvalue weighted by molar-refractivity contribution is 0.0385. The van der Waals surface area contributed by atoms with Crippen LogP contribution in [0.5, 0.6) is 0 Å². The second kappa shape index (κ2) is 6.01. The van der Waals surface area contributed by atoms with Crippen LogP contribution in [0, 0.1) is 0 Å². The van der Waals surface area contributed by atoms with E-state index in [0.29, 0.717) is 16.3 Å². The lowest BCUT2D eigenvalue weighted by atomic mass is 10.1. The number of halogens is 2. The third-order valence-electron chi connectivity index (χ3n) is 3.13. The SMILES string of the molecule is COC1CCN(Cc2nc(Cl)ccc2Cl)CC1. The Kier molecular flexibility index (Phi) is 4.62. The summed E-state index contributed by atoms with van der Waals surface area (Å²) in [7, 11) is 1.77. The summed E-state index contributed by atoms with van der Waals surface area (Å²) >= 11 is 12.0. The van der Waals surface area contributed by atoms with E-state index in [1.54, 1.807) is 19.2 Å². The Morgan fingerprint density at radius 2 is 2.06 bits per heavy atom. The van der Waals surface area contributed by atoms with Crippen molar-refractivity contribution in [3.8, 4) is 0 Å². The van der Waals surface area contributed by atoms with Crippen molar-refractivity contribution >= 4 is 23.2 Å². The van der Waals surface area contributed by atoms with Crippen molar-refractivity contribution in [1.29, 1.82) is 0 Å². The van der Waals surface area contributed by atoms with Crippen molar-refractivity contribution in [3.05, 3.63) is 28.0 Å². The first-order valence-electron chi connectivity index (χ1n) is 5.75. The van der Waals surface area contributed by atoms with Gasteiger partial charge in [0.05, 0.1) is 16.8 Å². The van der Waals surface area contributed by atoms with Gasteiger partial charge >= 0.3 is 0 Å². The van der Waals surface area contributed by atoms with Gasteiger partial charge in [0.25, 0.3) is 0 Å². The summed E-state index contributed by atoms with van der Waals surface area (Å²) < 4.78 is 5.34. The fraction of sp³-hybridized carbons (Fsp3) is 0.583. The van der Waals surface area contributed by atoms with Crippen LogP contribution >= 0.6 is 23.2 Å². The molecule has 0 aliphatic carbocycles. The van der Waals surface area contributed by atoms with Crippen LogP contribution in [0.25, 0.3) is 0 Å². The van der Waals surface area contributed by atoms with Crippen LogP contribution < -0.4 is 0 Å². The zero-order chi connectivity index (χ0) is 12.3. The Labute approximate surface area is 112 Å². The Morgan fingerprint density at radius 3 is 2.71 bits per heavy atom. The molecule has 0 unspecified atom stereocenters. The largest absolute Gasteiger partial charge is 0.381 e. The minimum absolute atomic E-state index is 0.397. The number of rotatable bonds is 3. The van der Waals surface area contributed by atoms with E-state index >= 15 is 0 Å². The lowest BCUT2D eigenvalue weighted by Gasteiger charge is -2.30. The topological polar surface area (TPSA) is 25.4 Å². The Hall–Kier alpha value is -0.350. The van der Waals surface area contributed by atoms with Gasteiger partial charge in [0, 0.05) is 26.7 Å². The minimum Gasteiger partial charge on any atom is -0.381 e. The summed E-state index contributed by atoms with van der Waals surface area (Å²) in [4.78, 5) is 6.60. The van der Waals surface area contributed by atoms with Gasteiger partial charge in [-0.15, -0.1) is 0 Å². The molecular weight excluding hydrogens is 259 g/mol. The third kappa shape index (κ3) is 3.55. The first-order valence-corrected chi connectivity index (χ1v) is 6.50. The molecule has 0 amide bonds. The van der Waals surface area contributed by atoms with Crippen LogP contribution in [0.15, 0.2) is 12.1 Å². The van der Waals surface area contributed by atoms with Gasteiger partial charge in [-0.05, 0) is 25.0 Å². The highest BCUT2D eigenvalue weighted by atomic mass is 35.5. The number of ether oxygens (including phenoxy) is 1. The van der Waals surface area contributed by atoms with Crippen LogP contribution in [0.2, 0.25) is 10.2 Å². The number of hydrogen-bond donors (Lipinski definition) is 0. The molecule has 1 aromatic heterocycles. The van der Waals surface area contributed by atoms with Gasteiger partial charge in [0.15, 0.2) is 0 Å². The molecule has 0 saturated carbocycles. The number of hydrogen-bond acceptors (Lipinski definition) is 3. The maximum atomic E-state index is 6.10. The second-order valence-corrected chi connectivity index (χ2v) is 5.07. The normalized spacial score (nSPS) is 18.5. The maximum absolute atomic E-state index is 6.10. The fourth-order valence-corrected chi connectivity index (χ4v) is 2.41. The molecule has 5 heteroatoms. The Morgan fingerprint density at radius 1 is 1.35 bits per heavy atom. The molecule has 0 aromatic carbocycles. The van der Waals surface area contributed by atoms with E-state index in [9.17, 15) is 0 Å². The predicted molar refractivity (Wildman–Crippen MR) is 69.6 cm³/mol. The Bertz CT molecular complexity index is 379. The first kappa shape index (κ1) is 13.1. The van der Waals surface area contributed by atoms with Gasteiger partial charge in [0.1, 0.15) is 5.15 Å². The maximum Gasteiger partial charge on any atom is 0.129 e. The molecular formula is C12H16Cl2N2O. The van der Waals surface area contributed by atoms with Crippen molar-refractivity contribution in [2.24, 2.45) is 0 Å². The monoisotopic (exact) mass is 274 g/mol. The van der Waals surface area contributed by atoms with Gasteiger partial charge in [-0.3, -0.25) is 4.90 Å². The van der Waals surface area contributed by atoms with Crippen LogP contribution in [0.4, 0.5) is 0 Å². The van der Waals surface area contributed by atoms with Crippen molar-refractivity contribution in [3.63, 3.8) is 0 Å². The van der Waals surface area contributed by atoms with Crippen LogP contribution in [-0.4, -0.2) is 36.2 Å². The highest BCUT2D eigenvalue weighted by Crippen LogP contribution is 2.21. The van der Waals surface area contributed by atoms with Gasteiger partial charge in [-0.1, -0.05) is 23.2 Å². The number of likely N-dealkylation sites (tertiary alicyclic amines) is 1. The van der Waals surface area contributed by atoms with Crippen LogP contribution in [0.1, 0.15) is 18.5 Å². The molecule has 17 heavy (non-hydrogen) atoms. The van der Waals surface area contributed by atoms with Gasteiger partial charge in [-0.25, -0.2) is 4.98 Å². The fourth-order valence-electron chi connectivity index (χ4n) is 2.08. The van der Waals surface area contributed by atoms with Crippen LogP contribution in [-0.2, 0) is 11.3 Å². The molecule has 1 fully saturated rings. The summed E-state index contributed by atoms with van der Waals surface area (Å²) in [6, 6.07) is 3.51. The molecule has 0 spiro atoms. The van der Waals surface area contributed by atoms with Crippen molar-refractivity contribution in [1.82, 2.24) is 9.88 Å². The van der Waals surface area contributed by atoms with E-state index in [1.807, 2.05) is 0 Å². The molecule has 1 aromatic rings. The Balaban J connectivity index is 1.95. The summed E-state index contributed by atoms with van der Waals surface area (Å²) in [5.74, 6) is 0. The number of piperidine rings is 1. The van der Waals surface area contributed by atoms with Crippen molar-refractivity contribution < 1.29 is 4.74 Å². The molecule has 1 aliphatic rings. The number of pyridine rings is 1. The molecule has 0 N–H and O–H groups in total. The molecule has 0 bridgehead atoms. The van der Waals surface area contributed by atoms with Crippen molar-refractivity contribution in [2.75, 3.05) is 20.2 Å². The third-order valence-corrected chi connectivity index (χ3v) is 3.68. The molecule has 1 aliphatic heterocycles. The molecule has 1 saturated heterocycles. The smallest absolute Gasteiger partial charge is 0.129 e. The first-order chi connectivity index (χ1) is 8.19. The van der Waals surface area contributed by atoms with Crippen LogP contribution in [0.3, 0.4) is 0 Å². The van der Waals surface area contributed by atoms with Gasteiger partial charge in [-0.2, -0.15) is 0 Å². The molecule has 2 rings (SSSR count). The molecule has 3 nitrogen and oxygen atoms in total. The molecule has 0 atom stereocenters. The molecule has 2 heterocycles. The summed E-state index contributed by atoms with van der Waals surface area (Å²) in [5.41, 5.74) is 0.857. The van der Waals surface area contributed by atoms with E-state index in [1.165, 1.54) is 0 Å². The number of methoxy groups -OCH3 is 1. The van der Waals surface area contributed by atoms with E-state index in [-0.39, 0.29) is 0 Å². The van der Waals surface area contributed by atoms with E-state index < -0.39 is 0 Å². The summed E-state index contributed by atoms with van der Waals surface area (Å²) in [6.45, 7) is 2.79. The quantitative estimate of drug-likeness (QED) is 0.793. The zero-order valence-electron chi connectivity index (χ0n) is 9.83. The van der Waals surface area contributed by atoms with E-state index in [0.717, 1.165) is 38.2 Å². The van der Waals surface area contributed by atoms with E-state index in [2.05, 4.69) is 9.88 Å². The van der Waals surface area contributed by atoms with Gasteiger partial charge in [0.2, 0.25) is 0 Å². The van der Waals surface area contributed by atoms with Gasteiger partial charge < -0.3 is 4.74 Å². The number of aromatic nitrogens is 1. The number of nitrogens with zero attached hydrogens (tertiary/aromatic N) is 2. The highest BCUT2D eigenvalue weighted by molar-refractivity contribution is 6.32. The van der Waals surface area contributed by atoms with Crippen molar-refractivity contribution in [2.45, 2.75) is 25.5 Å². The minimum atomic E-state index is 0.397.